The van der Waals surface area contributed by atoms with E-state index in [9.17, 15) is 13.2 Å². The second kappa shape index (κ2) is 7.57. The number of thioether (sulfide) groups is 1. The predicted molar refractivity (Wildman–Crippen MR) is 97.1 cm³/mol. The Labute approximate surface area is 150 Å². The standard InChI is InChI=1S/C16H20N4O3S2/c1-2-11-3-5-12(6-4-11)15-18-16(20-19-15)24-9-14(21)17-13-7-8-25(22,23)10-13/h3-6,13H,2,7-10H2,1H3,(H,17,21)(H,18,19,20)/t13-/m1/s1. The lowest BCUT2D eigenvalue weighted by Crippen LogP contribution is -2.36. The number of carbonyl (C=O) groups excluding carboxylic acids is 1. The molecular formula is C16H20N4O3S2. The van der Waals surface area contributed by atoms with Crippen molar-refractivity contribution >= 4 is 27.5 Å². The molecule has 1 amide bonds. The Hall–Kier alpha value is -1.87. The van der Waals surface area contributed by atoms with Gasteiger partial charge in [0.1, 0.15) is 0 Å². The van der Waals surface area contributed by atoms with Crippen LogP contribution < -0.4 is 5.32 Å². The molecule has 1 aromatic heterocycles. The van der Waals surface area contributed by atoms with Crippen LogP contribution in [0.1, 0.15) is 18.9 Å². The van der Waals surface area contributed by atoms with Crippen LogP contribution in [0.15, 0.2) is 29.4 Å². The Bertz CT molecular complexity index is 847. The van der Waals surface area contributed by atoms with Crippen LogP contribution in [0.5, 0.6) is 0 Å². The highest BCUT2D eigenvalue weighted by Crippen LogP contribution is 2.20. The molecule has 0 saturated carbocycles. The molecular weight excluding hydrogens is 360 g/mol. The van der Waals surface area contributed by atoms with Crippen molar-refractivity contribution in [2.45, 2.75) is 31.0 Å². The summed E-state index contributed by atoms with van der Waals surface area (Å²) in [6.07, 6.45) is 1.46. The van der Waals surface area contributed by atoms with E-state index in [-0.39, 0.29) is 29.2 Å². The molecule has 134 valence electrons. The summed E-state index contributed by atoms with van der Waals surface area (Å²) in [5.74, 6) is 0.787. The fourth-order valence-electron chi connectivity index (χ4n) is 2.65. The number of amides is 1. The van der Waals surface area contributed by atoms with Crippen molar-refractivity contribution in [3.05, 3.63) is 29.8 Å². The molecule has 2 aromatic rings. The summed E-state index contributed by atoms with van der Waals surface area (Å²) in [7, 11) is -2.99. The van der Waals surface area contributed by atoms with Crippen molar-refractivity contribution in [2.75, 3.05) is 17.3 Å². The molecule has 2 N–H and O–H groups in total. The first-order valence-electron chi connectivity index (χ1n) is 8.09. The van der Waals surface area contributed by atoms with Crippen LogP contribution >= 0.6 is 11.8 Å². The molecule has 9 heteroatoms. The summed E-state index contributed by atoms with van der Waals surface area (Å²) >= 11 is 1.22. The van der Waals surface area contributed by atoms with Gasteiger partial charge in [0.15, 0.2) is 15.7 Å². The minimum Gasteiger partial charge on any atom is -0.352 e. The summed E-state index contributed by atoms with van der Waals surface area (Å²) in [4.78, 5) is 16.3. The van der Waals surface area contributed by atoms with E-state index in [4.69, 9.17) is 0 Å². The van der Waals surface area contributed by atoms with Crippen molar-refractivity contribution < 1.29 is 13.2 Å². The number of H-pyrrole nitrogens is 1. The zero-order valence-electron chi connectivity index (χ0n) is 13.9. The third-order valence-corrected chi connectivity index (χ3v) is 6.65. The number of aromatic amines is 1. The van der Waals surface area contributed by atoms with Gasteiger partial charge in [-0.15, -0.1) is 5.10 Å². The third kappa shape index (κ3) is 4.82. The number of rotatable bonds is 6. The molecule has 2 heterocycles. The van der Waals surface area contributed by atoms with Crippen molar-refractivity contribution in [1.29, 1.82) is 0 Å². The van der Waals surface area contributed by atoms with Crippen molar-refractivity contribution in [1.82, 2.24) is 20.5 Å². The molecule has 7 nitrogen and oxygen atoms in total. The van der Waals surface area contributed by atoms with E-state index in [0.29, 0.717) is 17.4 Å². The van der Waals surface area contributed by atoms with Gasteiger partial charge in [-0.1, -0.05) is 43.0 Å². The molecule has 0 radical (unpaired) electrons. The molecule has 25 heavy (non-hydrogen) atoms. The smallest absolute Gasteiger partial charge is 0.230 e. The maximum Gasteiger partial charge on any atom is 0.230 e. The van der Waals surface area contributed by atoms with Crippen molar-refractivity contribution in [2.24, 2.45) is 0 Å². The minimum atomic E-state index is -2.99. The molecule has 0 bridgehead atoms. The third-order valence-electron chi connectivity index (χ3n) is 4.03. The molecule has 1 aliphatic heterocycles. The van der Waals surface area contributed by atoms with Crippen LogP contribution in [0.25, 0.3) is 11.4 Å². The maximum atomic E-state index is 11.9. The first-order chi connectivity index (χ1) is 11.9. The Morgan fingerprint density at radius 3 is 2.76 bits per heavy atom. The number of aryl methyl sites for hydroxylation is 1. The van der Waals surface area contributed by atoms with Gasteiger partial charge in [-0.25, -0.2) is 13.4 Å². The van der Waals surface area contributed by atoms with E-state index in [1.54, 1.807) is 0 Å². The molecule has 3 rings (SSSR count). The number of aromatic nitrogens is 3. The van der Waals surface area contributed by atoms with Gasteiger partial charge in [-0.2, -0.15) is 0 Å². The van der Waals surface area contributed by atoms with Crippen LogP contribution in [0, 0.1) is 0 Å². The van der Waals surface area contributed by atoms with Crippen LogP contribution in [-0.2, 0) is 21.1 Å². The Kier molecular flexibility index (Phi) is 5.43. The van der Waals surface area contributed by atoms with E-state index < -0.39 is 9.84 Å². The zero-order valence-corrected chi connectivity index (χ0v) is 15.5. The van der Waals surface area contributed by atoms with E-state index in [1.165, 1.54) is 17.3 Å². The molecule has 1 aromatic carbocycles. The Balaban J connectivity index is 1.52. The topological polar surface area (TPSA) is 105 Å². The number of carbonyl (C=O) groups is 1. The quantitative estimate of drug-likeness (QED) is 0.735. The summed E-state index contributed by atoms with van der Waals surface area (Å²) in [5.41, 5.74) is 2.20. The zero-order chi connectivity index (χ0) is 17.9. The van der Waals surface area contributed by atoms with Crippen LogP contribution in [-0.4, -0.2) is 52.8 Å². The lowest BCUT2D eigenvalue weighted by Gasteiger charge is -2.09. The molecule has 1 atom stereocenters. The lowest BCUT2D eigenvalue weighted by atomic mass is 10.1. The Morgan fingerprint density at radius 1 is 1.36 bits per heavy atom. The fourth-order valence-corrected chi connectivity index (χ4v) is 4.93. The summed E-state index contributed by atoms with van der Waals surface area (Å²) in [6.45, 7) is 2.10. The molecule has 0 spiro atoms. The predicted octanol–water partition coefficient (Wildman–Crippen LogP) is 1.43. The van der Waals surface area contributed by atoms with Gasteiger partial charge in [0.25, 0.3) is 0 Å². The number of benzene rings is 1. The monoisotopic (exact) mass is 380 g/mol. The second-order valence-electron chi connectivity index (χ2n) is 5.97. The number of hydrogen-bond donors (Lipinski definition) is 2. The first kappa shape index (κ1) is 17.9. The highest BCUT2D eigenvalue weighted by Gasteiger charge is 2.28. The van der Waals surface area contributed by atoms with Gasteiger partial charge < -0.3 is 5.32 Å². The van der Waals surface area contributed by atoms with Crippen LogP contribution in [0.2, 0.25) is 0 Å². The normalized spacial score (nSPS) is 19.0. The number of nitrogens with zero attached hydrogens (tertiary/aromatic N) is 2. The Morgan fingerprint density at radius 2 is 2.12 bits per heavy atom. The number of nitrogens with one attached hydrogen (secondary N) is 2. The van der Waals surface area contributed by atoms with Gasteiger partial charge in [0.05, 0.1) is 17.3 Å². The minimum absolute atomic E-state index is 0.0297. The van der Waals surface area contributed by atoms with E-state index in [0.717, 1.165) is 12.0 Å². The van der Waals surface area contributed by atoms with Gasteiger partial charge in [0, 0.05) is 11.6 Å². The summed E-state index contributed by atoms with van der Waals surface area (Å²) in [6, 6.07) is 7.79. The van der Waals surface area contributed by atoms with Gasteiger partial charge in [0.2, 0.25) is 11.1 Å². The average Bonchev–Trinajstić information content (AvgIpc) is 3.19. The molecule has 1 aliphatic rings. The van der Waals surface area contributed by atoms with Gasteiger partial charge >= 0.3 is 0 Å². The maximum absolute atomic E-state index is 11.9. The van der Waals surface area contributed by atoms with Crippen LogP contribution in [0.3, 0.4) is 0 Å². The van der Waals surface area contributed by atoms with Crippen molar-refractivity contribution in [3.8, 4) is 11.4 Å². The molecule has 0 aliphatic carbocycles. The number of sulfone groups is 1. The van der Waals surface area contributed by atoms with Crippen LogP contribution in [0.4, 0.5) is 0 Å². The average molecular weight is 380 g/mol. The number of hydrogen-bond acceptors (Lipinski definition) is 6. The summed E-state index contributed by atoms with van der Waals surface area (Å²) in [5, 5.41) is 10.2. The molecule has 1 fully saturated rings. The first-order valence-corrected chi connectivity index (χ1v) is 10.9. The van der Waals surface area contributed by atoms with Gasteiger partial charge in [-0.3, -0.25) is 9.89 Å². The molecule has 0 unspecified atom stereocenters. The largest absolute Gasteiger partial charge is 0.352 e. The highest BCUT2D eigenvalue weighted by atomic mass is 32.2. The van der Waals surface area contributed by atoms with E-state index >= 15 is 0 Å². The highest BCUT2D eigenvalue weighted by molar-refractivity contribution is 7.99. The lowest BCUT2D eigenvalue weighted by molar-refractivity contribution is -0.119. The van der Waals surface area contributed by atoms with E-state index in [2.05, 4.69) is 27.4 Å². The van der Waals surface area contributed by atoms with E-state index in [1.807, 2.05) is 24.3 Å². The van der Waals surface area contributed by atoms with Crippen molar-refractivity contribution in [3.63, 3.8) is 0 Å². The summed E-state index contributed by atoms with van der Waals surface area (Å²) < 4.78 is 22.8. The molecule has 1 saturated heterocycles. The fraction of sp³-hybridized carbons (Fsp3) is 0.438. The second-order valence-corrected chi connectivity index (χ2v) is 9.14. The SMILES string of the molecule is CCc1ccc(-c2nc(SCC(=O)N[C@@H]3CCS(=O)(=O)C3)n[nH]2)cc1. The van der Waals surface area contributed by atoms with Gasteiger partial charge in [-0.05, 0) is 18.4 Å².